The van der Waals surface area contributed by atoms with Crippen molar-refractivity contribution in [2.24, 2.45) is 0 Å². The summed E-state index contributed by atoms with van der Waals surface area (Å²) in [6.07, 6.45) is -0.596. The minimum atomic E-state index is -3.02. The Morgan fingerprint density at radius 2 is 1.88 bits per heavy atom. The maximum Gasteiger partial charge on any atom is 0.387 e. The van der Waals surface area contributed by atoms with E-state index in [9.17, 15) is 18.4 Å². The van der Waals surface area contributed by atoms with Crippen molar-refractivity contribution in [2.75, 3.05) is 0 Å². The summed E-state index contributed by atoms with van der Waals surface area (Å²) >= 11 is 0. The van der Waals surface area contributed by atoms with Gasteiger partial charge in [0.25, 0.3) is 0 Å². The lowest BCUT2D eigenvalue weighted by Crippen LogP contribution is -2.09. The molecule has 0 heterocycles. The molecular formula is C11H10F2O4. The Morgan fingerprint density at radius 1 is 1.24 bits per heavy atom. The van der Waals surface area contributed by atoms with Gasteiger partial charge in [-0.3, -0.25) is 9.59 Å². The molecule has 0 fully saturated rings. The number of hydrogen-bond acceptors (Lipinski definition) is 3. The molecule has 0 amide bonds. The van der Waals surface area contributed by atoms with Gasteiger partial charge in [0.05, 0.1) is 12.0 Å². The summed E-state index contributed by atoms with van der Waals surface area (Å²) in [5, 5.41) is 8.42. The fraction of sp³-hybridized carbons (Fsp3) is 0.273. The van der Waals surface area contributed by atoms with Gasteiger partial charge in [-0.2, -0.15) is 8.78 Å². The molecule has 0 atom stereocenters. The van der Waals surface area contributed by atoms with Gasteiger partial charge in [-0.25, -0.2) is 0 Å². The normalized spacial score (nSPS) is 10.3. The molecule has 1 rings (SSSR count). The van der Waals surface area contributed by atoms with Crippen molar-refractivity contribution < 1.29 is 28.2 Å². The number of alkyl halides is 2. The van der Waals surface area contributed by atoms with Crippen LogP contribution in [0.25, 0.3) is 0 Å². The number of rotatable bonds is 6. The molecule has 0 bridgehead atoms. The minimum absolute atomic E-state index is 0.0333. The number of carbonyl (C=O) groups is 2. The maximum atomic E-state index is 12.1. The van der Waals surface area contributed by atoms with Gasteiger partial charge >= 0.3 is 12.6 Å². The van der Waals surface area contributed by atoms with Crippen LogP contribution in [0.3, 0.4) is 0 Å². The first-order valence-electron chi connectivity index (χ1n) is 4.79. The SMILES string of the molecule is O=C(O)CCC(=O)c1ccccc1OC(F)F. The molecule has 17 heavy (non-hydrogen) atoms. The predicted octanol–water partition coefficient (Wildman–Crippen LogP) is 2.34. The van der Waals surface area contributed by atoms with Crippen LogP contribution in [-0.2, 0) is 4.79 Å². The Hall–Kier alpha value is -1.98. The summed E-state index contributed by atoms with van der Waals surface area (Å²) in [6, 6.07) is 5.50. The van der Waals surface area contributed by atoms with E-state index in [0.29, 0.717) is 0 Å². The molecule has 0 aromatic heterocycles. The fourth-order valence-electron chi connectivity index (χ4n) is 1.25. The van der Waals surface area contributed by atoms with E-state index in [2.05, 4.69) is 4.74 Å². The smallest absolute Gasteiger partial charge is 0.387 e. The van der Waals surface area contributed by atoms with Gasteiger partial charge < -0.3 is 9.84 Å². The molecule has 6 heteroatoms. The van der Waals surface area contributed by atoms with Crippen LogP contribution in [-0.4, -0.2) is 23.5 Å². The van der Waals surface area contributed by atoms with Crippen LogP contribution >= 0.6 is 0 Å². The summed E-state index contributed by atoms with van der Waals surface area (Å²) in [6.45, 7) is -3.02. The van der Waals surface area contributed by atoms with Crippen LogP contribution < -0.4 is 4.74 Å². The van der Waals surface area contributed by atoms with Crippen molar-refractivity contribution in [3.63, 3.8) is 0 Å². The molecule has 0 saturated heterocycles. The second-order valence-corrected chi connectivity index (χ2v) is 3.19. The van der Waals surface area contributed by atoms with Crippen LogP contribution in [0, 0.1) is 0 Å². The standard InChI is InChI=1S/C11H10F2O4/c12-11(13)17-9-4-2-1-3-7(9)8(14)5-6-10(15)16/h1-4,11H,5-6H2,(H,15,16). The molecule has 0 aliphatic carbocycles. The average molecular weight is 244 g/mol. The Balaban J connectivity index is 2.81. The Bertz CT molecular complexity index is 418. The topological polar surface area (TPSA) is 63.6 Å². The molecule has 4 nitrogen and oxygen atoms in total. The van der Waals surface area contributed by atoms with E-state index in [1.165, 1.54) is 24.3 Å². The second kappa shape index (κ2) is 5.93. The zero-order valence-corrected chi connectivity index (χ0v) is 8.73. The average Bonchev–Trinajstić information content (AvgIpc) is 2.25. The molecule has 0 radical (unpaired) electrons. The van der Waals surface area contributed by atoms with E-state index in [0.717, 1.165) is 0 Å². The van der Waals surface area contributed by atoms with E-state index < -0.39 is 18.4 Å². The van der Waals surface area contributed by atoms with Crippen molar-refractivity contribution in [1.29, 1.82) is 0 Å². The van der Waals surface area contributed by atoms with Crippen LogP contribution in [0.4, 0.5) is 8.78 Å². The van der Waals surface area contributed by atoms with Crippen molar-refractivity contribution in [3.8, 4) is 5.75 Å². The number of carboxylic acids is 1. The summed E-state index contributed by atoms with van der Waals surface area (Å²) in [5.41, 5.74) is -0.0333. The van der Waals surface area contributed by atoms with Crippen molar-refractivity contribution in [3.05, 3.63) is 29.8 Å². The lowest BCUT2D eigenvalue weighted by molar-refractivity contribution is -0.136. The van der Waals surface area contributed by atoms with Gasteiger partial charge in [0, 0.05) is 6.42 Å². The van der Waals surface area contributed by atoms with Gasteiger partial charge in [-0.05, 0) is 12.1 Å². The first kappa shape index (κ1) is 13.1. The first-order chi connectivity index (χ1) is 8.00. The van der Waals surface area contributed by atoms with Gasteiger partial charge in [-0.15, -0.1) is 0 Å². The number of hydrogen-bond donors (Lipinski definition) is 1. The largest absolute Gasteiger partial charge is 0.481 e. The Morgan fingerprint density at radius 3 is 2.47 bits per heavy atom. The van der Waals surface area contributed by atoms with E-state index >= 15 is 0 Å². The second-order valence-electron chi connectivity index (χ2n) is 3.19. The number of para-hydroxylation sites is 1. The van der Waals surface area contributed by atoms with Crippen molar-refractivity contribution >= 4 is 11.8 Å². The molecule has 0 aliphatic heterocycles. The highest BCUT2D eigenvalue weighted by molar-refractivity contribution is 5.99. The molecule has 0 aliphatic rings. The zero-order valence-electron chi connectivity index (χ0n) is 8.73. The van der Waals surface area contributed by atoms with Crippen LogP contribution in [0.5, 0.6) is 5.75 Å². The molecule has 0 spiro atoms. The Labute approximate surface area is 95.8 Å². The third-order valence-corrected chi connectivity index (χ3v) is 1.97. The van der Waals surface area contributed by atoms with Gasteiger partial charge in [0.2, 0.25) is 0 Å². The third kappa shape index (κ3) is 4.18. The molecule has 0 unspecified atom stereocenters. The van der Waals surface area contributed by atoms with Crippen molar-refractivity contribution in [2.45, 2.75) is 19.5 Å². The molecule has 1 aromatic rings. The highest BCUT2D eigenvalue weighted by atomic mass is 19.3. The highest BCUT2D eigenvalue weighted by Gasteiger charge is 2.15. The third-order valence-electron chi connectivity index (χ3n) is 1.97. The number of ketones is 1. The van der Waals surface area contributed by atoms with E-state index in [-0.39, 0.29) is 24.2 Å². The number of ether oxygens (including phenoxy) is 1. The molecule has 1 aromatic carbocycles. The lowest BCUT2D eigenvalue weighted by Gasteiger charge is -2.08. The maximum absolute atomic E-state index is 12.1. The number of carboxylic acid groups (broad SMARTS) is 1. The van der Waals surface area contributed by atoms with E-state index in [4.69, 9.17) is 5.11 Å². The summed E-state index contributed by atoms with van der Waals surface area (Å²) in [7, 11) is 0. The first-order valence-corrected chi connectivity index (χ1v) is 4.79. The fourth-order valence-corrected chi connectivity index (χ4v) is 1.25. The minimum Gasteiger partial charge on any atom is -0.481 e. The van der Waals surface area contributed by atoms with Gasteiger partial charge in [0.15, 0.2) is 5.78 Å². The highest BCUT2D eigenvalue weighted by Crippen LogP contribution is 2.22. The number of carbonyl (C=O) groups excluding carboxylic acids is 1. The van der Waals surface area contributed by atoms with Gasteiger partial charge in [0.1, 0.15) is 5.75 Å². The van der Waals surface area contributed by atoms with E-state index in [1.54, 1.807) is 0 Å². The number of aliphatic carboxylic acids is 1. The lowest BCUT2D eigenvalue weighted by atomic mass is 10.1. The summed E-state index contributed by atoms with van der Waals surface area (Å²) in [4.78, 5) is 21.9. The van der Waals surface area contributed by atoms with Crippen molar-refractivity contribution in [1.82, 2.24) is 0 Å². The predicted molar refractivity (Wildman–Crippen MR) is 54.3 cm³/mol. The van der Waals surface area contributed by atoms with Crippen LogP contribution in [0.15, 0.2) is 24.3 Å². The summed E-state index contributed by atoms with van der Waals surface area (Å²) < 4.78 is 28.3. The Kier molecular flexibility index (Phi) is 4.56. The molecule has 1 N–H and O–H groups in total. The summed E-state index contributed by atoms with van der Waals surface area (Å²) in [5.74, 6) is -1.90. The molecule has 0 saturated carbocycles. The van der Waals surface area contributed by atoms with Crippen LogP contribution in [0.1, 0.15) is 23.2 Å². The molecular weight excluding hydrogens is 234 g/mol. The van der Waals surface area contributed by atoms with Crippen LogP contribution in [0.2, 0.25) is 0 Å². The molecule has 92 valence electrons. The van der Waals surface area contributed by atoms with Gasteiger partial charge in [-0.1, -0.05) is 12.1 Å². The zero-order chi connectivity index (χ0) is 12.8. The quantitative estimate of drug-likeness (QED) is 0.780. The van der Waals surface area contributed by atoms with E-state index in [1.807, 2.05) is 0 Å². The monoisotopic (exact) mass is 244 g/mol. The number of benzene rings is 1. The number of halogens is 2. The number of Topliss-reactive ketones (excluding diaryl/α,β-unsaturated/α-hetero) is 1.